The third kappa shape index (κ3) is 2.30. The quantitative estimate of drug-likeness (QED) is 0.787. The molecule has 0 bridgehead atoms. The van der Waals surface area contributed by atoms with Crippen LogP contribution >= 0.6 is 23.2 Å². The predicted molar refractivity (Wildman–Crippen MR) is 78.4 cm³/mol. The van der Waals surface area contributed by atoms with Gasteiger partial charge in [-0.3, -0.25) is 9.59 Å². The predicted octanol–water partition coefficient (Wildman–Crippen LogP) is 3.86. The zero-order chi connectivity index (χ0) is 15.1. The molecule has 0 unspecified atom stereocenters. The number of fused-ring (bicyclic) bond motifs is 1. The molecule has 0 aliphatic carbocycles. The normalized spacial score (nSPS) is 13.8. The molecule has 0 radical (unpaired) electrons. The molecule has 0 spiro atoms. The van der Waals surface area contributed by atoms with Gasteiger partial charge in [0, 0.05) is 10.6 Å². The van der Waals surface area contributed by atoms with Crippen LogP contribution in [0.25, 0.3) is 0 Å². The second-order valence-corrected chi connectivity index (χ2v) is 5.43. The number of carbonyl (C=O) groups is 2. The molecule has 0 N–H and O–H groups in total. The maximum Gasteiger partial charge on any atom is 0.299 e. The van der Waals surface area contributed by atoms with Crippen molar-refractivity contribution in [3.63, 3.8) is 0 Å². The second-order valence-electron chi connectivity index (χ2n) is 4.59. The number of Topliss-reactive ketones (excluding diaryl/α,β-unsaturated/α-hetero) is 1. The number of amides is 1. The van der Waals surface area contributed by atoms with Crippen LogP contribution in [0.3, 0.4) is 0 Å². The molecule has 0 saturated carbocycles. The van der Waals surface area contributed by atoms with Crippen LogP contribution in [0.15, 0.2) is 36.4 Å². The first kappa shape index (κ1) is 14.0. The number of anilines is 1. The summed E-state index contributed by atoms with van der Waals surface area (Å²) in [6, 6.07) is 8.84. The molecule has 1 heterocycles. The minimum atomic E-state index is -0.725. The summed E-state index contributed by atoms with van der Waals surface area (Å²) >= 11 is 11.8. The van der Waals surface area contributed by atoms with E-state index in [0.717, 1.165) is 0 Å². The molecule has 0 aromatic heterocycles. The largest absolute Gasteiger partial charge is 0.300 e. The van der Waals surface area contributed by atoms with Crippen molar-refractivity contribution in [2.75, 3.05) is 4.90 Å². The summed E-state index contributed by atoms with van der Waals surface area (Å²) in [5, 5.41) is 0.565. The number of rotatable bonds is 2. The van der Waals surface area contributed by atoms with E-state index in [1.165, 1.54) is 29.2 Å². The minimum Gasteiger partial charge on any atom is -0.300 e. The highest BCUT2D eigenvalue weighted by Gasteiger charge is 2.37. The summed E-state index contributed by atoms with van der Waals surface area (Å²) in [7, 11) is 0. The molecule has 1 aliphatic heterocycles. The van der Waals surface area contributed by atoms with E-state index in [4.69, 9.17) is 23.2 Å². The van der Waals surface area contributed by atoms with Gasteiger partial charge >= 0.3 is 0 Å². The first-order valence-electron chi connectivity index (χ1n) is 6.07. The Balaban J connectivity index is 2.05. The van der Waals surface area contributed by atoms with Gasteiger partial charge in [-0.15, -0.1) is 0 Å². The number of benzene rings is 2. The van der Waals surface area contributed by atoms with Crippen molar-refractivity contribution >= 4 is 40.6 Å². The van der Waals surface area contributed by atoms with Crippen molar-refractivity contribution in [2.24, 2.45) is 0 Å². The number of halogens is 3. The van der Waals surface area contributed by atoms with Crippen LogP contribution in [-0.2, 0) is 11.3 Å². The zero-order valence-electron chi connectivity index (χ0n) is 10.6. The van der Waals surface area contributed by atoms with Crippen molar-refractivity contribution in [3.8, 4) is 0 Å². The fourth-order valence-corrected chi connectivity index (χ4v) is 2.74. The Hall–Kier alpha value is -1.91. The maximum absolute atomic E-state index is 13.8. The van der Waals surface area contributed by atoms with Gasteiger partial charge in [-0.25, -0.2) is 4.39 Å². The topological polar surface area (TPSA) is 37.4 Å². The summed E-state index contributed by atoms with van der Waals surface area (Å²) < 4.78 is 13.8. The third-order valence-corrected chi connectivity index (χ3v) is 3.84. The lowest BCUT2D eigenvalue weighted by Crippen LogP contribution is -2.29. The molecule has 1 amide bonds. The maximum atomic E-state index is 13.8. The molecule has 3 nitrogen and oxygen atoms in total. The Morgan fingerprint density at radius 1 is 1.10 bits per heavy atom. The average Bonchev–Trinajstić information content (AvgIpc) is 2.69. The van der Waals surface area contributed by atoms with E-state index in [2.05, 4.69) is 0 Å². The summed E-state index contributed by atoms with van der Waals surface area (Å²) in [6.07, 6.45) is 0. The van der Waals surface area contributed by atoms with Crippen LogP contribution in [0.5, 0.6) is 0 Å². The lowest BCUT2D eigenvalue weighted by atomic mass is 10.1. The van der Waals surface area contributed by atoms with Gasteiger partial charge in [0.2, 0.25) is 0 Å². The second kappa shape index (κ2) is 5.13. The van der Waals surface area contributed by atoms with Gasteiger partial charge in [0.25, 0.3) is 11.7 Å². The van der Waals surface area contributed by atoms with Gasteiger partial charge < -0.3 is 4.90 Å². The molecule has 1 aliphatic rings. The molecule has 0 atom stereocenters. The Labute approximate surface area is 129 Å². The number of hydrogen-bond acceptors (Lipinski definition) is 2. The number of hydrogen-bond donors (Lipinski definition) is 0. The lowest BCUT2D eigenvalue weighted by Gasteiger charge is -2.17. The Morgan fingerprint density at radius 3 is 2.62 bits per heavy atom. The van der Waals surface area contributed by atoms with Crippen LogP contribution in [0, 0.1) is 5.82 Å². The summed E-state index contributed by atoms with van der Waals surface area (Å²) in [5.74, 6) is -1.90. The number of nitrogens with zero attached hydrogens (tertiary/aromatic N) is 1. The Bertz CT molecular complexity index is 776. The summed E-state index contributed by atoms with van der Waals surface area (Å²) in [5.41, 5.74) is 0.778. The fraction of sp³-hybridized carbons (Fsp3) is 0.0667. The highest BCUT2D eigenvalue weighted by atomic mass is 35.5. The van der Waals surface area contributed by atoms with Crippen LogP contribution in [0.2, 0.25) is 10.0 Å². The molecule has 21 heavy (non-hydrogen) atoms. The van der Waals surface area contributed by atoms with E-state index in [1.807, 2.05) is 0 Å². The van der Waals surface area contributed by atoms with E-state index < -0.39 is 17.5 Å². The van der Waals surface area contributed by atoms with Gasteiger partial charge in [0.1, 0.15) is 5.82 Å². The van der Waals surface area contributed by atoms with E-state index in [0.29, 0.717) is 10.7 Å². The van der Waals surface area contributed by atoms with Crippen molar-refractivity contribution in [3.05, 3.63) is 63.4 Å². The van der Waals surface area contributed by atoms with E-state index >= 15 is 0 Å². The average molecular weight is 324 g/mol. The third-order valence-electron chi connectivity index (χ3n) is 3.29. The van der Waals surface area contributed by atoms with E-state index in [-0.39, 0.29) is 22.7 Å². The Morgan fingerprint density at radius 2 is 1.86 bits per heavy atom. The molecular formula is C15H8Cl2FNO2. The minimum absolute atomic E-state index is 0.0791. The van der Waals surface area contributed by atoms with Gasteiger partial charge in [0.05, 0.1) is 22.8 Å². The standard InChI is InChI=1S/C15H8Cl2FNO2/c16-9-4-5-11(18)8(6-9)7-19-12-3-1-2-10(17)13(12)14(20)15(19)21/h1-6H,7H2. The number of carbonyl (C=O) groups excluding carboxylic acids is 2. The lowest BCUT2D eigenvalue weighted by molar-refractivity contribution is -0.114. The van der Waals surface area contributed by atoms with Crippen LogP contribution in [0.4, 0.5) is 10.1 Å². The van der Waals surface area contributed by atoms with E-state index in [1.54, 1.807) is 12.1 Å². The summed E-state index contributed by atoms with van der Waals surface area (Å²) in [6.45, 7) is -0.0791. The monoisotopic (exact) mass is 323 g/mol. The van der Waals surface area contributed by atoms with Crippen molar-refractivity contribution in [2.45, 2.75) is 6.54 Å². The van der Waals surface area contributed by atoms with Crippen LogP contribution in [0.1, 0.15) is 15.9 Å². The van der Waals surface area contributed by atoms with Gasteiger partial charge in [0.15, 0.2) is 0 Å². The molecule has 106 valence electrons. The van der Waals surface area contributed by atoms with E-state index in [9.17, 15) is 14.0 Å². The van der Waals surface area contributed by atoms with Crippen molar-refractivity contribution < 1.29 is 14.0 Å². The molecular weight excluding hydrogens is 316 g/mol. The molecule has 0 fully saturated rings. The first-order valence-corrected chi connectivity index (χ1v) is 6.83. The van der Waals surface area contributed by atoms with Gasteiger partial charge in [-0.1, -0.05) is 29.3 Å². The fourth-order valence-electron chi connectivity index (χ4n) is 2.29. The van der Waals surface area contributed by atoms with Gasteiger partial charge in [-0.2, -0.15) is 0 Å². The smallest absolute Gasteiger partial charge is 0.299 e. The highest BCUT2D eigenvalue weighted by Crippen LogP contribution is 2.35. The van der Waals surface area contributed by atoms with Crippen LogP contribution < -0.4 is 4.90 Å². The van der Waals surface area contributed by atoms with Crippen molar-refractivity contribution in [1.82, 2.24) is 0 Å². The van der Waals surface area contributed by atoms with Crippen molar-refractivity contribution in [1.29, 1.82) is 0 Å². The SMILES string of the molecule is O=C1C(=O)N(Cc2cc(Cl)ccc2F)c2cccc(Cl)c21. The van der Waals surface area contributed by atoms with Gasteiger partial charge in [-0.05, 0) is 30.3 Å². The molecule has 3 rings (SSSR count). The number of ketones is 1. The van der Waals surface area contributed by atoms with Crippen LogP contribution in [-0.4, -0.2) is 11.7 Å². The first-order chi connectivity index (χ1) is 9.99. The molecule has 6 heteroatoms. The summed E-state index contributed by atoms with van der Waals surface area (Å²) in [4.78, 5) is 25.3. The molecule has 2 aromatic carbocycles. The molecule has 2 aromatic rings. The zero-order valence-corrected chi connectivity index (χ0v) is 12.1. The molecule has 0 saturated heterocycles. The highest BCUT2D eigenvalue weighted by molar-refractivity contribution is 6.55. The Kier molecular flexibility index (Phi) is 3.43.